The van der Waals surface area contributed by atoms with E-state index in [1.165, 1.54) is 23.5 Å². The first kappa shape index (κ1) is 15.1. The van der Waals surface area contributed by atoms with Gasteiger partial charge in [0.05, 0.1) is 0 Å². The van der Waals surface area contributed by atoms with Crippen LogP contribution in [-0.4, -0.2) is 22.0 Å². The number of aryl methyl sites for hydroxylation is 1. The van der Waals surface area contributed by atoms with E-state index in [2.05, 4.69) is 22.4 Å². The largest absolute Gasteiger partial charge is 0.366 e. The first-order chi connectivity index (χ1) is 10.1. The van der Waals surface area contributed by atoms with Gasteiger partial charge in [0.15, 0.2) is 0 Å². The highest BCUT2D eigenvalue weighted by Gasteiger charge is 2.10. The third-order valence-electron chi connectivity index (χ3n) is 2.86. The van der Waals surface area contributed by atoms with Crippen molar-refractivity contribution in [3.05, 3.63) is 40.4 Å². The summed E-state index contributed by atoms with van der Waals surface area (Å²) in [5.41, 5.74) is 5.95. The van der Waals surface area contributed by atoms with E-state index < -0.39 is 5.91 Å². The average molecular weight is 304 g/mol. The van der Waals surface area contributed by atoms with Crippen molar-refractivity contribution in [2.45, 2.75) is 26.2 Å². The van der Waals surface area contributed by atoms with E-state index >= 15 is 0 Å². The van der Waals surface area contributed by atoms with Crippen molar-refractivity contribution in [2.24, 2.45) is 5.73 Å². The molecule has 0 bridgehead atoms. The van der Waals surface area contributed by atoms with Gasteiger partial charge in [0.1, 0.15) is 5.01 Å². The molecule has 7 heteroatoms. The normalized spacial score (nSPS) is 10.3. The minimum Gasteiger partial charge on any atom is -0.366 e. The lowest BCUT2D eigenvalue weighted by molar-refractivity contribution is 0.0995. The van der Waals surface area contributed by atoms with Gasteiger partial charge in [0.25, 0.3) is 5.91 Å². The number of aromatic nitrogens is 2. The topological polar surface area (TPSA) is 98.0 Å². The van der Waals surface area contributed by atoms with Crippen molar-refractivity contribution in [2.75, 3.05) is 5.32 Å². The maximum Gasteiger partial charge on any atom is 0.257 e. The molecule has 1 aromatic heterocycles. The van der Waals surface area contributed by atoms with Gasteiger partial charge in [-0.25, -0.2) is 0 Å². The Balaban J connectivity index is 2.00. The highest BCUT2D eigenvalue weighted by Crippen LogP contribution is 2.18. The summed E-state index contributed by atoms with van der Waals surface area (Å²) < 4.78 is 0. The first-order valence-electron chi connectivity index (χ1n) is 6.63. The number of carbonyl (C=O) groups excluding carboxylic acids is 2. The first-order valence-corrected chi connectivity index (χ1v) is 7.45. The number of hydrogen-bond acceptors (Lipinski definition) is 5. The Labute approximate surface area is 126 Å². The number of anilines is 1. The molecule has 3 N–H and O–H groups in total. The van der Waals surface area contributed by atoms with Crippen molar-refractivity contribution < 1.29 is 9.59 Å². The number of amides is 2. The van der Waals surface area contributed by atoms with Gasteiger partial charge in [-0.15, -0.1) is 10.2 Å². The van der Waals surface area contributed by atoms with Crippen molar-refractivity contribution >= 4 is 28.3 Å². The van der Waals surface area contributed by atoms with E-state index in [9.17, 15) is 9.59 Å². The Morgan fingerprint density at radius 1 is 1.19 bits per heavy atom. The van der Waals surface area contributed by atoms with Crippen LogP contribution in [0.1, 0.15) is 45.5 Å². The molecule has 2 aromatic rings. The predicted octanol–water partition coefficient (Wildman–Crippen LogP) is 2.23. The molecule has 0 unspecified atom stereocenters. The maximum atomic E-state index is 12.0. The van der Waals surface area contributed by atoms with E-state index in [4.69, 9.17) is 5.73 Å². The zero-order valence-corrected chi connectivity index (χ0v) is 12.4. The Kier molecular flexibility index (Phi) is 4.99. The fourth-order valence-corrected chi connectivity index (χ4v) is 2.46. The third kappa shape index (κ3) is 4.09. The van der Waals surface area contributed by atoms with Gasteiger partial charge in [0, 0.05) is 17.5 Å². The number of primary amides is 1. The lowest BCUT2D eigenvalue weighted by Crippen LogP contribution is -2.14. The standard InChI is InChI=1S/C14H16N4O2S/c1-2-3-4-11-17-18-14(21-11)16-13(20)10-7-5-9(6-8-10)12(15)19/h5-8H,2-4H2,1H3,(H2,15,19)(H,16,18,20). The molecular weight excluding hydrogens is 288 g/mol. The van der Waals surface area contributed by atoms with Crippen LogP contribution >= 0.6 is 11.3 Å². The molecule has 0 saturated carbocycles. The molecule has 2 amide bonds. The molecule has 0 fully saturated rings. The second kappa shape index (κ2) is 6.94. The summed E-state index contributed by atoms with van der Waals surface area (Å²) in [4.78, 5) is 23.0. The Hall–Kier alpha value is -2.28. The summed E-state index contributed by atoms with van der Waals surface area (Å²) in [6.07, 6.45) is 3.02. The fraction of sp³-hybridized carbons (Fsp3) is 0.286. The Bertz CT molecular complexity index is 637. The molecule has 110 valence electrons. The second-order valence-electron chi connectivity index (χ2n) is 4.50. The Morgan fingerprint density at radius 2 is 1.86 bits per heavy atom. The van der Waals surface area contributed by atoms with E-state index in [-0.39, 0.29) is 5.91 Å². The monoisotopic (exact) mass is 304 g/mol. The lowest BCUT2D eigenvalue weighted by atomic mass is 10.1. The molecule has 0 aliphatic rings. The van der Waals surface area contributed by atoms with Crippen LogP contribution in [0.25, 0.3) is 0 Å². The number of benzene rings is 1. The summed E-state index contributed by atoms with van der Waals surface area (Å²) in [5, 5.41) is 12.1. The zero-order chi connectivity index (χ0) is 15.2. The van der Waals surface area contributed by atoms with Gasteiger partial charge in [0.2, 0.25) is 11.0 Å². The molecule has 21 heavy (non-hydrogen) atoms. The molecular formula is C14H16N4O2S. The van der Waals surface area contributed by atoms with Gasteiger partial charge >= 0.3 is 0 Å². The number of carbonyl (C=O) groups is 2. The molecule has 0 aliphatic carbocycles. The van der Waals surface area contributed by atoms with E-state index in [0.717, 1.165) is 24.3 Å². The van der Waals surface area contributed by atoms with Crippen LogP contribution in [0.2, 0.25) is 0 Å². The molecule has 1 heterocycles. The number of nitrogens with two attached hydrogens (primary N) is 1. The van der Waals surface area contributed by atoms with E-state index in [1.54, 1.807) is 12.1 Å². The number of unbranched alkanes of at least 4 members (excludes halogenated alkanes) is 1. The molecule has 0 radical (unpaired) electrons. The third-order valence-corrected chi connectivity index (χ3v) is 3.76. The summed E-state index contributed by atoms with van der Waals surface area (Å²) in [5.74, 6) is -0.809. The van der Waals surface area contributed by atoms with Gasteiger partial charge in [-0.2, -0.15) is 0 Å². The minimum absolute atomic E-state index is 0.288. The molecule has 0 spiro atoms. The molecule has 1 aromatic carbocycles. The predicted molar refractivity (Wildman–Crippen MR) is 81.4 cm³/mol. The number of nitrogens with zero attached hydrogens (tertiary/aromatic N) is 2. The van der Waals surface area contributed by atoms with Crippen molar-refractivity contribution in [3.63, 3.8) is 0 Å². The van der Waals surface area contributed by atoms with Crippen LogP contribution in [0.4, 0.5) is 5.13 Å². The number of nitrogens with one attached hydrogen (secondary N) is 1. The van der Waals surface area contributed by atoms with Crippen molar-refractivity contribution in [1.29, 1.82) is 0 Å². The van der Waals surface area contributed by atoms with Crippen LogP contribution in [0.3, 0.4) is 0 Å². The summed E-state index contributed by atoms with van der Waals surface area (Å²) in [7, 11) is 0. The molecule has 0 aliphatic heterocycles. The molecule has 6 nitrogen and oxygen atoms in total. The summed E-state index contributed by atoms with van der Waals surface area (Å²) in [6, 6.07) is 6.14. The molecule has 0 saturated heterocycles. The van der Waals surface area contributed by atoms with Crippen LogP contribution < -0.4 is 11.1 Å². The van der Waals surface area contributed by atoms with E-state index in [1.807, 2.05) is 0 Å². The second-order valence-corrected chi connectivity index (χ2v) is 5.56. The average Bonchev–Trinajstić information content (AvgIpc) is 2.92. The van der Waals surface area contributed by atoms with Crippen LogP contribution in [0, 0.1) is 0 Å². The van der Waals surface area contributed by atoms with E-state index in [0.29, 0.717) is 16.3 Å². The highest BCUT2D eigenvalue weighted by molar-refractivity contribution is 7.15. The minimum atomic E-state index is -0.522. The molecule has 2 rings (SSSR count). The number of rotatable bonds is 6. The van der Waals surface area contributed by atoms with Crippen molar-refractivity contribution in [3.8, 4) is 0 Å². The van der Waals surface area contributed by atoms with Gasteiger partial charge in [-0.1, -0.05) is 24.7 Å². The van der Waals surface area contributed by atoms with Crippen molar-refractivity contribution in [1.82, 2.24) is 10.2 Å². The van der Waals surface area contributed by atoms with Crippen LogP contribution in [0.5, 0.6) is 0 Å². The zero-order valence-electron chi connectivity index (χ0n) is 11.6. The quantitative estimate of drug-likeness (QED) is 0.855. The number of hydrogen-bond donors (Lipinski definition) is 2. The fourth-order valence-electron chi connectivity index (χ4n) is 1.69. The smallest absolute Gasteiger partial charge is 0.257 e. The molecule has 0 atom stereocenters. The SMILES string of the molecule is CCCCc1nnc(NC(=O)c2ccc(C(N)=O)cc2)s1. The summed E-state index contributed by atoms with van der Waals surface area (Å²) in [6.45, 7) is 2.11. The highest BCUT2D eigenvalue weighted by atomic mass is 32.1. The Morgan fingerprint density at radius 3 is 2.48 bits per heavy atom. The van der Waals surface area contributed by atoms with Crippen LogP contribution in [-0.2, 0) is 6.42 Å². The van der Waals surface area contributed by atoms with Crippen LogP contribution in [0.15, 0.2) is 24.3 Å². The van der Waals surface area contributed by atoms with Gasteiger partial charge in [-0.3, -0.25) is 14.9 Å². The van der Waals surface area contributed by atoms with Gasteiger partial charge < -0.3 is 5.73 Å². The summed E-state index contributed by atoms with van der Waals surface area (Å²) >= 11 is 1.38. The lowest BCUT2D eigenvalue weighted by Gasteiger charge is -2.01. The van der Waals surface area contributed by atoms with Gasteiger partial charge in [-0.05, 0) is 30.7 Å². The maximum absolute atomic E-state index is 12.0.